The van der Waals surface area contributed by atoms with E-state index in [-0.39, 0.29) is 11.8 Å². The number of hydrogen-bond donors (Lipinski definition) is 1. The van der Waals surface area contributed by atoms with Crippen LogP contribution in [0.15, 0.2) is 53.4 Å². The molecule has 0 radical (unpaired) electrons. The molecule has 0 saturated heterocycles. The van der Waals surface area contributed by atoms with Crippen molar-refractivity contribution in [1.82, 2.24) is 10.2 Å². The summed E-state index contributed by atoms with van der Waals surface area (Å²) in [5.74, 6) is 0.653. The van der Waals surface area contributed by atoms with Crippen LogP contribution in [-0.2, 0) is 16.1 Å². The summed E-state index contributed by atoms with van der Waals surface area (Å²) in [4.78, 5) is 28.9. The molecule has 5 heteroatoms. The molecule has 0 fully saturated rings. The Morgan fingerprint density at radius 2 is 1.77 bits per heavy atom. The molecule has 0 bridgehead atoms. The molecule has 1 N–H and O–H groups in total. The Balaban J connectivity index is 2.10. The summed E-state index contributed by atoms with van der Waals surface area (Å²) in [6.45, 7) is 9.18. The molecule has 2 aromatic rings. The number of carbonyl (C=O) groups excluding carboxylic acids is 2. The Labute approximate surface area is 185 Å². The number of benzene rings is 2. The van der Waals surface area contributed by atoms with E-state index >= 15 is 0 Å². The van der Waals surface area contributed by atoms with Crippen LogP contribution in [0.25, 0.3) is 0 Å². The molecule has 0 heterocycles. The highest BCUT2D eigenvalue weighted by Crippen LogP contribution is 2.21. The molecule has 162 valence electrons. The SMILES string of the molecule is CCCNC(=O)C(CC)N(Cc1cccc(C)c1)C(=O)CCSc1ccc(C)cc1. The maximum atomic E-state index is 13.2. The first-order valence-corrected chi connectivity index (χ1v) is 11.7. The van der Waals surface area contributed by atoms with Gasteiger partial charge in [0, 0.05) is 30.2 Å². The molecular weight excluding hydrogens is 392 g/mol. The minimum atomic E-state index is -0.450. The molecule has 2 amide bonds. The van der Waals surface area contributed by atoms with Crippen LogP contribution in [0.2, 0.25) is 0 Å². The fraction of sp³-hybridized carbons (Fsp3) is 0.440. The first-order chi connectivity index (χ1) is 14.4. The Morgan fingerprint density at radius 1 is 1.03 bits per heavy atom. The topological polar surface area (TPSA) is 49.4 Å². The van der Waals surface area contributed by atoms with Gasteiger partial charge in [0.25, 0.3) is 0 Å². The number of nitrogens with one attached hydrogen (secondary N) is 1. The Hall–Kier alpha value is -2.27. The van der Waals surface area contributed by atoms with E-state index in [1.54, 1.807) is 16.7 Å². The minimum absolute atomic E-state index is 0.0228. The van der Waals surface area contributed by atoms with Gasteiger partial charge in [-0.05, 0) is 44.4 Å². The molecule has 0 aliphatic rings. The number of amides is 2. The van der Waals surface area contributed by atoms with Crippen molar-refractivity contribution < 1.29 is 9.59 Å². The van der Waals surface area contributed by atoms with Crippen LogP contribution in [0.5, 0.6) is 0 Å². The summed E-state index contributed by atoms with van der Waals surface area (Å²) in [6, 6.07) is 16.0. The molecule has 1 atom stereocenters. The summed E-state index contributed by atoms with van der Waals surface area (Å²) in [5.41, 5.74) is 3.43. The Bertz CT molecular complexity index is 820. The third kappa shape index (κ3) is 7.52. The Kier molecular flexibility index (Phi) is 9.95. The van der Waals surface area contributed by atoms with Crippen molar-refractivity contribution in [2.75, 3.05) is 12.3 Å². The summed E-state index contributed by atoms with van der Waals surface area (Å²) < 4.78 is 0. The van der Waals surface area contributed by atoms with Crippen molar-refractivity contribution in [3.63, 3.8) is 0 Å². The van der Waals surface area contributed by atoms with E-state index in [1.165, 1.54) is 5.56 Å². The highest BCUT2D eigenvalue weighted by atomic mass is 32.2. The second-order valence-electron chi connectivity index (χ2n) is 7.64. The van der Waals surface area contributed by atoms with Gasteiger partial charge < -0.3 is 10.2 Å². The van der Waals surface area contributed by atoms with Gasteiger partial charge in [0.1, 0.15) is 6.04 Å². The van der Waals surface area contributed by atoms with Crippen LogP contribution in [0.1, 0.15) is 49.8 Å². The van der Waals surface area contributed by atoms with Crippen molar-refractivity contribution in [1.29, 1.82) is 0 Å². The van der Waals surface area contributed by atoms with Crippen LogP contribution in [0, 0.1) is 13.8 Å². The van der Waals surface area contributed by atoms with Gasteiger partial charge in [-0.1, -0.05) is 61.4 Å². The average Bonchev–Trinajstić information content (AvgIpc) is 2.73. The van der Waals surface area contributed by atoms with Gasteiger partial charge in [-0.15, -0.1) is 11.8 Å². The molecule has 0 spiro atoms. The molecule has 0 saturated carbocycles. The van der Waals surface area contributed by atoms with E-state index in [9.17, 15) is 9.59 Å². The zero-order chi connectivity index (χ0) is 21.9. The van der Waals surface area contributed by atoms with E-state index in [4.69, 9.17) is 0 Å². The van der Waals surface area contributed by atoms with Gasteiger partial charge in [0.05, 0.1) is 0 Å². The maximum absolute atomic E-state index is 13.2. The fourth-order valence-electron chi connectivity index (χ4n) is 3.33. The van der Waals surface area contributed by atoms with Crippen molar-refractivity contribution in [3.05, 3.63) is 65.2 Å². The van der Waals surface area contributed by atoms with Gasteiger partial charge in [0.15, 0.2) is 0 Å². The lowest BCUT2D eigenvalue weighted by Gasteiger charge is -2.31. The standard InChI is InChI=1S/C25H34N2O2S/c1-5-15-26-25(29)23(6-2)27(18-21-9-7-8-20(4)17-21)24(28)14-16-30-22-12-10-19(3)11-13-22/h7-13,17,23H,5-6,14-16,18H2,1-4H3,(H,26,29). The number of carbonyl (C=O) groups is 2. The lowest BCUT2D eigenvalue weighted by molar-refractivity contribution is -0.141. The molecule has 0 aliphatic heterocycles. The van der Waals surface area contributed by atoms with E-state index < -0.39 is 6.04 Å². The third-order valence-corrected chi connectivity index (χ3v) is 5.99. The number of thioether (sulfide) groups is 1. The predicted molar refractivity (Wildman–Crippen MR) is 126 cm³/mol. The van der Waals surface area contributed by atoms with Crippen molar-refractivity contribution in [2.45, 2.75) is 64.4 Å². The molecule has 4 nitrogen and oxygen atoms in total. The second kappa shape index (κ2) is 12.4. The van der Waals surface area contributed by atoms with Crippen LogP contribution in [0.4, 0.5) is 0 Å². The zero-order valence-electron chi connectivity index (χ0n) is 18.6. The summed E-state index contributed by atoms with van der Waals surface area (Å²) in [5, 5.41) is 2.97. The van der Waals surface area contributed by atoms with E-state index in [2.05, 4.69) is 42.6 Å². The van der Waals surface area contributed by atoms with E-state index in [0.717, 1.165) is 22.4 Å². The van der Waals surface area contributed by atoms with Crippen LogP contribution >= 0.6 is 11.8 Å². The van der Waals surface area contributed by atoms with Gasteiger partial charge in [-0.3, -0.25) is 9.59 Å². The Morgan fingerprint density at radius 3 is 2.40 bits per heavy atom. The number of hydrogen-bond acceptors (Lipinski definition) is 3. The largest absolute Gasteiger partial charge is 0.354 e. The van der Waals surface area contributed by atoms with E-state index in [0.29, 0.717) is 31.7 Å². The molecule has 1 unspecified atom stereocenters. The normalized spacial score (nSPS) is 11.7. The highest BCUT2D eigenvalue weighted by Gasteiger charge is 2.28. The quantitative estimate of drug-likeness (QED) is 0.508. The van der Waals surface area contributed by atoms with Gasteiger partial charge in [-0.25, -0.2) is 0 Å². The van der Waals surface area contributed by atoms with Crippen LogP contribution in [-0.4, -0.2) is 35.1 Å². The maximum Gasteiger partial charge on any atom is 0.242 e. The van der Waals surface area contributed by atoms with Crippen molar-refractivity contribution >= 4 is 23.6 Å². The molecule has 0 aliphatic carbocycles. The molecule has 2 aromatic carbocycles. The molecule has 2 rings (SSSR count). The summed E-state index contributed by atoms with van der Waals surface area (Å²) in [7, 11) is 0. The first kappa shape index (κ1) is 24.0. The van der Waals surface area contributed by atoms with Crippen LogP contribution < -0.4 is 5.32 Å². The summed E-state index contributed by atoms with van der Waals surface area (Å²) in [6.07, 6.45) is 1.88. The fourth-order valence-corrected chi connectivity index (χ4v) is 4.17. The monoisotopic (exact) mass is 426 g/mol. The minimum Gasteiger partial charge on any atom is -0.354 e. The van der Waals surface area contributed by atoms with Gasteiger partial charge in [-0.2, -0.15) is 0 Å². The van der Waals surface area contributed by atoms with E-state index in [1.807, 2.05) is 39.0 Å². The third-order valence-electron chi connectivity index (χ3n) is 4.98. The molecular formula is C25H34N2O2S. The summed E-state index contributed by atoms with van der Waals surface area (Å²) >= 11 is 1.68. The van der Waals surface area contributed by atoms with Gasteiger partial charge in [0.2, 0.25) is 11.8 Å². The van der Waals surface area contributed by atoms with Crippen molar-refractivity contribution in [3.8, 4) is 0 Å². The molecule has 0 aromatic heterocycles. The number of rotatable bonds is 11. The lowest BCUT2D eigenvalue weighted by Crippen LogP contribution is -2.49. The average molecular weight is 427 g/mol. The zero-order valence-corrected chi connectivity index (χ0v) is 19.4. The highest BCUT2D eigenvalue weighted by molar-refractivity contribution is 7.99. The van der Waals surface area contributed by atoms with Crippen LogP contribution in [0.3, 0.4) is 0 Å². The smallest absolute Gasteiger partial charge is 0.242 e. The predicted octanol–water partition coefficient (Wildman–Crippen LogP) is 5.12. The van der Waals surface area contributed by atoms with Crippen molar-refractivity contribution in [2.24, 2.45) is 0 Å². The lowest BCUT2D eigenvalue weighted by atomic mass is 10.1. The molecule has 30 heavy (non-hydrogen) atoms. The first-order valence-electron chi connectivity index (χ1n) is 10.8. The van der Waals surface area contributed by atoms with Gasteiger partial charge >= 0.3 is 0 Å². The number of aryl methyl sites for hydroxylation is 2. The second-order valence-corrected chi connectivity index (χ2v) is 8.81. The number of nitrogens with zero attached hydrogens (tertiary/aromatic N) is 1.